The first-order chi connectivity index (χ1) is 9.17. The van der Waals surface area contributed by atoms with E-state index in [1.54, 1.807) is 7.11 Å². The Balaban J connectivity index is 2.31. The first-order valence-electron chi connectivity index (χ1n) is 7.01. The fourth-order valence-corrected chi connectivity index (χ4v) is 3.61. The number of alkyl halides is 1. The molecule has 0 bridgehead atoms. The SMILES string of the molecule is COc1c(/C=C(/CBr)C2CCCCC2)c(C)nn1C. The lowest BCUT2D eigenvalue weighted by molar-refractivity contribution is 0.372. The molecule has 2 rings (SSSR count). The lowest BCUT2D eigenvalue weighted by Crippen LogP contribution is -2.10. The van der Waals surface area contributed by atoms with Crippen LogP contribution in [0.1, 0.15) is 43.4 Å². The predicted molar refractivity (Wildman–Crippen MR) is 82.8 cm³/mol. The molecule has 1 fully saturated rings. The number of nitrogens with zero attached hydrogens (tertiary/aromatic N) is 2. The molecule has 19 heavy (non-hydrogen) atoms. The van der Waals surface area contributed by atoms with E-state index in [0.29, 0.717) is 0 Å². The number of aromatic nitrogens is 2. The normalized spacial score (nSPS) is 17.8. The van der Waals surface area contributed by atoms with Gasteiger partial charge in [-0.25, -0.2) is 4.68 Å². The topological polar surface area (TPSA) is 27.1 Å². The number of hydrogen-bond donors (Lipinski definition) is 0. The molecule has 0 aromatic carbocycles. The van der Waals surface area contributed by atoms with Crippen molar-refractivity contribution in [3.05, 3.63) is 16.8 Å². The van der Waals surface area contributed by atoms with Crippen LogP contribution in [0.25, 0.3) is 6.08 Å². The highest BCUT2D eigenvalue weighted by Crippen LogP contribution is 2.33. The van der Waals surface area contributed by atoms with E-state index in [2.05, 4.69) is 27.1 Å². The largest absolute Gasteiger partial charge is 0.481 e. The van der Waals surface area contributed by atoms with Crippen LogP contribution in [0.4, 0.5) is 0 Å². The summed E-state index contributed by atoms with van der Waals surface area (Å²) in [4.78, 5) is 0. The molecule has 1 heterocycles. The third-order valence-electron chi connectivity index (χ3n) is 4.02. The van der Waals surface area contributed by atoms with Crippen LogP contribution in [-0.2, 0) is 7.05 Å². The number of hydrogen-bond acceptors (Lipinski definition) is 2. The summed E-state index contributed by atoms with van der Waals surface area (Å²) < 4.78 is 7.28. The van der Waals surface area contributed by atoms with Crippen molar-refractivity contribution in [3.8, 4) is 5.88 Å². The molecule has 4 heteroatoms. The zero-order valence-electron chi connectivity index (χ0n) is 12.1. The van der Waals surface area contributed by atoms with Gasteiger partial charge in [0.1, 0.15) is 0 Å². The van der Waals surface area contributed by atoms with E-state index < -0.39 is 0 Å². The second kappa shape index (κ2) is 6.60. The molecule has 1 aliphatic carbocycles. The molecule has 0 N–H and O–H groups in total. The Morgan fingerprint density at radius 1 is 1.42 bits per heavy atom. The van der Waals surface area contributed by atoms with Gasteiger partial charge >= 0.3 is 0 Å². The quantitative estimate of drug-likeness (QED) is 0.779. The van der Waals surface area contributed by atoms with E-state index in [1.807, 2.05) is 18.7 Å². The van der Waals surface area contributed by atoms with Gasteiger partial charge in [0.05, 0.1) is 18.4 Å². The lowest BCUT2D eigenvalue weighted by atomic mass is 9.84. The molecule has 0 saturated heterocycles. The van der Waals surface area contributed by atoms with Crippen LogP contribution >= 0.6 is 15.9 Å². The van der Waals surface area contributed by atoms with Gasteiger partial charge in [0.25, 0.3) is 0 Å². The average molecular weight is 327 g/mol. The average Bonchev–Trinajstić information content (AvgIpc) is 2.70. The summed E-state index contributed by atoms with van der Waals surface area (Å²) in [5, 5.41) is 5.39. The molecule has 1 aliphatic rings. The maximum Gasteiger partial charge on any atom is 0.218 e. The molecule has 1 saturated carbocycles. The Hall–Kier alpha value is -0.770. The maximum atomic E-state index is 5.47. The fraction of sp³-hybridized carbons (Fsp3) is 0.667. The number of allylic oxidation sites excluding steroid dienone is 1. The van der Waals surface area contributed by atoms with Crippen LogP contribution in [0, 0.1) is 12.8 Å². The highest BCUT2D eigenvalue weighted by Gasteiger charge is 2.19. The van der Waals surface area contributed by atoms with Crippen molar-refractivity contribution >= 4 is 22.0 Å². The van der Waals surface area contributed by atoms with Crippen LogP contribution in [0.2, 0.25) is 0 Å². The molecule has 0 unspecified atom stereocenters. The summed E-state index contributed by atoms with van der Waals surface area (Å²) in [6, 6.07) is 0. The van der Waals surface area contributed by atoms with E-state index in [9.17, 15) is 0 Å². The maximum absolute atomic E-state index is 5.47. The van der Waals surface area contributed by atoms with Crippen molar-refractivity contribution in [3.63, 3.8) is 0 Å². The number of aryl methyl sites for hydroxylation is 2. The standard InChI is InChI=1S/C15H23BrN2O/c1-11-14(15(19-3)18(2)17-11)9-13(10-16)12-7-5-4-6-8-12/h9,12H,4-8,10H2,1-3H3/b13-9-. The first-order valence-corrected chi connectivity index (χ1v) is 8.13. The van der Waals surface area contributed by atoms with Crippen LogP contribution < -0.4 is 4.74 Å². The van der Waals surface area contributed by atoms with Gasteiger partial charge in [-0.3, -0.25) is 0 Å². The van der Waals surface area contributed by atoms with Gasteiger partial charge in [-0.2, -0.15) is 5.10 Å². The molecule has 1 aromatic heterocycles. The monoisotopic (exact) mass is 326 g/mol. The van der Waals surface area contributed by atoms with Gasteiger partial charge in [0.2, 0.25) is 5.88 Å². The summed E-state index contributed by atoms with van der Waals surface area (Å²) in [5.41, 5.74) is 3.65. The van der Waals surface area contributed by atoms with Crippen LogP contribution in [-0.4, -0.2) is 22.2 Å². The molecular weight excluding hydrogens is 304 g/mol. The zero-order valence-corrected chi connectivity index (χ0v) is 13.7. The smallest absolute Gasteiger partial charge is 0.218 e. The summed E-state index contributed by atoms with van der Waals surface area (Å²) in [6.07, 6.45) is 9.03. The number of halogens is 1. The first kappa shape index (κ1) is 14.6. The molecule has 3 nitrogen and oxygen atoms in total. The van der Waals surface area contributed by atoms with Gasteiger partial charge in [0, 0.05) is 12.4 Å². The minimum atomic E-state index is 0.720. The highest BCUT2D eigenvalue weighted by molar-refractivity contribution is 9.09. The minimum Gasteiger partial charge on any atom is -0.481 e. The van der Waals surface area contributed by atoms with E-state index >= 15 is 0 Å². The number of ether oxygens (including phenoxy) is 1. The Labute approximate surface area is 124 Å². The second-order valence-electron chi connectivity index (χ2n) is 5.32. The molecule has 1 aromatic rings. The Kier molecular flexibility index (Phi) is 5.08. The molecule has 0 atom stereocenters. The summed E-state index contributed by atoms with van der Waals surface area (Å²) >= 11 is 3.65. The van der Waals surface area contributed by atoms with Gasteiger partial charge < -0.3 is 4.74 Å². The summed E-state index contributed by atoms with van der Waals surface area (Å²) in [6.45, 7) is 2.04. The molecule has 0 amide bonds. The molecule has 0 spiro atoms. The van der Waals surface area contributed by atoms with Crippen LogP contribution in [0.3, 0.4) is 0 Å². The van der Waals surface area contributed by atoms with E-state index in [0.717, 1.165) is 28.4 Å². The number of rotatable bonds is 4. The Morgan fingerprint density at radius 2 is 2.11 bits per heavy atom. The molecule has 0 radical (unpaired) electrons. The van der Waals surface area contributed by atoms with Crippen molar-refractivity contribution < 1.29 is 4.74 Å². The van der Waals surface area contributed by atoms with Gasteiger partial charge in [0.15, 0.2) is 0 Å². The van der Waals surface area contributed by atoms with Gasteiger partial charge in [-0.05, 0) is 31.8 Å². The van der Waals surface area contributed by atoms with Crippen molar-refractivity contribution in [2.75, 3.05) is 12.4 Å². The highest BCUT2D eigenvalue weighted by atomic mass is 79.9. The van der Waals surface area contributed by atoms with E-state index in [1.165, 1.54) is 37.7 Å². The van der Waals surface area contributed by atoms with E-state index in [-0.39, 0.29) is 0 Å². The second-order valence-corrected chi connectivity index (χ2v) is 5.88. The van der Waals surface area contributed by atoms with Crippen LogP contribution in [0.15, 0.2) is 5.57 Å². The third-order valence-corrected chi connectivity index (χ3v) is 4.67. The zero-order chi connectivity index (χ0) is 13.8. The lowest BCUT2D eigenvalue weighted by Gasteiger charge is -2.23. The van der Waals surface area contributed by atoms with Crippen LogP contribution in [0.5, 0.6) is 5.88 Å². The Bertz CT molecular complexity index is 459. The number of methoxy groups -OCH3 is 1. The van der Waals surface area contributed by atoms with Crippen molar-refractivity contribution in [2.45, 2.75) is 39.0 Å². The van der Waals surface area contributed by atoms with Gasteiger partial charge in [-0.15, -0.1) is 0 Å². The van der Waals surface area contributed by atoms with Crippen molar-refractivity contribution in [1.29, 1.82) is 0 Å². The molecule has 0 aliphatic heterocycles. The Morgan fingerprint density at radius 3 is 2.68 bits per heavy atom. The molecular formula is C15H23BrN2O. The van der Waals surface area contributed by atoms with E-state index in [4.69, 9.17) is 4.74 Å². The minimum absolute atomic E-state index is 0.720. The van der Waals surface area contributed by atoms with Gasteiger partial charge in [-0.1, -0.05) is 40.8 Å². The summed E-state index contributed by atoms with van der Waals surface area (Å²) in [7, 11) is 3.64. The van der Waals surface area contributed by atoms with Crippen molar-refractivity contribution in [2.24, 2.45) is 13.0 Å². The third kappa shape index (κ3) is 3.22. The summed E-state index contributed by atoms with van der Waals surface area (Å²) in [5.74, 6) is 1.57. The molecule has 106 valence electrons. The fourth-order valence-electron chi connectivity index (χ4n) is 2.99. The predicted octanol–water partition coefficient (Wildman–Crippen LogP) is 4.10. The van der Waals surface area contributed by atoms with Crippen molar-refractivity contribution in [1.82, 2.24) is 9.78 Å².